The SMILES string of the molecule is Cc1cc2c(N(C)Cc3ccc4c(c3)OCO4)nc(N(C)C)nc2[nH]1. The van der Waals surface area contributed by atoms with Crippen LogP contribution >= 0.6 is 0 Å². The van der Waals surface area contributed by atoms with Crippen LogP contribution in [0.5, 0.6) is 11.5 Å². The molecule has 3 aromatic rings. The molecule has 7 nitrogen and oxygen atoms in total. The van der Waals surface area contributed by atoms with E-state index in [-0.39, 0.29) is 6.79 Å². The van der Waals surface area contributed by atoms with Gasteiger partial charge >= 0.3 is 0 Å². The average molecular weight is 339 g/mol. The number of benzene rings is 1. The Bertz CT molecular complexity index is 935. The van der Waals surface area contributed by atoms with Crippen LogP contribution in [0, 0.1) is 6.92 Å². The topological polar surface area (TPSA) is 66.5 Å². The number of nitrogens with zero attached hydrogens (tertiary/aromatic N) is 4. The first-order valence-electron chi connectivity index (χ1n) is 8.15. The first kappa shape index (κ1) is 15.6. The zero-order valence-electron chi connectivity index (χ0n) is 14.8. The fourth-order valence-corrected chi connectivity index (χ4v) is 2.99. The Kier molecular flexibility index (Phi) is 3.63. The second-order valence-corrected chi connectivity index (χ2v) is 6.50. The van der Waals surface area contributed by atoms with Crippen LogP contribution in [0.4, 0.5) is 11.8 Å². The van der Waals surface area contributed by atoms with Crippen LogP contribution in [0.2, 0.25) is 0 Å². The number of rotatable bonds is 4. The Labute approximate surface area is 146 Å². The minimum absolute atomic E-state index is 0.288. The van der Waals surface area contributed by atoms with Gasteiger partial charge in [0.2, 0.25) is 12.7 Å². The number of anilines is 2. The summed E-state index contributed by atoms with van der Waals surface area (Å²) >= 11 is 0. The highest BCUT2D eigenvalue weighted by Gasteiger charge is 2.17. The number of aromatic amines is 1. The Morgan fingerprint density at radius 2 is 1.88 bits per heavy atom. The van der Waals surface area contributed by atoms with Crippen LogP contribution < -0.4 is 19.3 Å². The molecule has 0 saturated heterocycles. The molecule has 2 aromatic heterocycles. The van der Waals surface area contributed by atoms with Gasteiger partial charge < -0.3 is 24.3 Å². The number of aryl methyl sites for hydroxylation is 1. The van der Waals surface area contributed by atoms with E-state index < -0.39 is 0 Å². The molecule has 0 bridgehead atoms. The van der Waals surface area contributed by atoms with E-state index in [1.165, 1.54) is 0 Å². The average Bonchev–Trinajstić information content (AvgIpc) is 3.18. The number of hydrogen-bond acceptors (Lipinski definition) is 6. The summed E-state index contributed by atoms with van der Waals surface area (Å²) in [7, 11) is 5.92. The van der Waals surface area contributed by atoms with Crippen LogP contribution in [0.1, 0.15) is 11.3 Å². The smallest absolute Gasteiger partial charge is 0.231 e. The summed E-state index contributed by atoms with van der Waals surface area (Å²) in [4.78, 5) is 16.7. The lowest BCUT2D eigenvalue weighted by Crippen LogP contribution is -2.20. The van der Waals surface area contributed by atoms with Gasteiger partial charge in [-0.1, -0.05) is 6.07 Å². The van der Waals surface area contributed by atoms with Crippen molar-refractivity contribution in [2.75, 3.05) is 37.7 Å². The van der Waals surface area contributed by atoms with Crippen molar-refractivity contribution < 1.29 is 9.47 Å². The quantitative estimate of drug-likeness (QED) is 0.788. The normalized spacial score (nSPS) is 12.6. The van der Waals surface area contributed by atoms with E-state index >= 15 is 0 Å². The molecule has 0 aliphatic carbocycles. The monoisotopic (exact) mass is 339 g/mol. The van der Waals surface area contributed by atoms with Gasteiger partial charge in [0.05, 0.1) is 5.39 Å². The van der Waals surface area contributed by atoms with Gasteiger partial charge in [0, 0.05) is 33.4 Å². The molecule has 130 valence electrons. The molecule has 1 aliphatic heterocycles. The van der Waals surface area contributed by atoms with Gasteiger partial charge in [-0.2, -0.15) is 9.97 Å². The molecule has 0 amide bonds. The molecule has 4 rings (SSSR count). The molecule has 7 heteroatoms. The molecule has 0 saturated carbocycles. The lowest BCUT2D eigenvalue weighted by atomic mass is 10.2. The Hall–Kier alpha value is -2.96. The molecule has 0 unspecified atom stereocenters. The van der Waals surface area contributed by atoms with E-state index in [9.17, 15) is 0 Å². The molecular formula is C18H21N5O2. The third kappa shape index (κ3) is 2.82. The third-order valence-corrected chi connectivity index (χ3v) is 4.21. The molecule has 1 aromatic carbocycles. The Morgan fingerprint density at radius 1 is 1.08 bits per heavy atom. The predicted molar refractivity (Wildman–Crippen MR) is 97.6 cm³/mol. The van der Waals surface area contributed by atoms with Gasteiger partial charge in [0.15, 0.2) is 11.5 Å². The van der Waals surface area contributed by atoms with E-state index in [0.717, 1.165) is 39.6 Å². The summed E-state index contributed by atoms with van der Waals surface area (Å²) in [6.45, 7) is 3.02. The van der Waals surface area contributed by atoms with Gasteiger partial charge in [-0.15, -0.1) is 0 Å². The van der Waals surface area contributed by atoms with E-state index in [1.54, 1.807) is 0 Å². The van der Waals surface area contributed by atoms with Crippen molar-refractivity contribution >= 4 is 22.8 Å². The summed E-state index contributed by atoms with van der Waals surface area (Å²) in [5.74, 6) is 3.18. The van der Waals surface area contributed by atoms with Crippen molar-refractivity contribution in [1.82, 2.24) is 15.0 Å². The van der Waals surface area contributed by atoms with Gasteiger partial charge in [0.1, 0.15) is 11.5 Å². The van der Waals surface area contributed by atoms with Crippen LogP contribution in [-0.2, 0) is 6.54 Å². The van der Waals surface area contributed by atoms with Gasteiger partial charge in [-0.05, 0) is 30.7 Å². The number of hydrogen-bond donors (Lipinski definition) is 1. The summed E-state index contributed by atoms with van der Waals surface area (Å²) in [6, 6.07) is 8.11. The predicted octanol–water partition coefficient (Wildman–Crippen LogP) is 2.70. The summed E-state index contributed by atoms with van der Waals surface area (Å²) < 4.78 is 10.9. The number of ether oxygens (including phenoxy) is 2. The Morgan fingerprint density at radius 3 is 2.68 bits per heavy atom. The third-order valence-electron chi connectivity index (χ3n) is 4.21. The largest absolute Gasteiger partial charge is 0.454 e. The molecule has 1 N–H and O–H groups in total. The molecule has 25 heavy (non-hydrogen) atoms. The molecule has 0 atom stereocenters. The minimum atomic E-state index is 0.288. The molecular weight excluding hydrogens is 318 g/mol. The van der Waals surface area contributed by atoms with Crippen LogP contribution in [-0.4, -0.2) is 42.9 Å². The number of aromatic nitrogens is 3. The molecule has 0 fully saturated rings. The highest BCUT2D eigenvalue weighted by molar-refractivity contribution is 5.89. The second-order valence-electron chi connectivity index (χ2n) is 6.50. The first-order chi connectivity index (χ1) is 12.0. The van der Waals surface area contributed by atoms with E-state index in [0.29, 0.717) is 12.5 Å². The number of nitrogens with one attached hydrogen (secondary N) is 1. The maximum Gasteiger partial charge on any atom is 0.231 e. The van der Waals surface area contributed by atoms with Crippen molar-refractivity contribution in [2.24, 2.45) is 0 Å². The molecule has 1 aliphatic rings. The van der Waals surface area contributed by atoms with Crippen molar-refractivity contribution in [3.63, 3.8) is 0 Å². The molecule has 3 heterocycles. The zero-order chi connectivity index (χ0) is 17.6. The van der Waals surface area contributed by atoms with E-state index in [4.69, 9.17) is 14.5 Å². The summed E-state index contributed by atoms with van der Waals surface area (Å²) in [6.07, 6.45) is 0. The summed E-state index contributed by atoms with van der Waals surface area (Å²) in [5.41, 5.74) is 3.05. The van der Waals surface area contributed by atoms with Gasteiger partial charge in [0.25, 0.3) is 0 Å². The van der Waals surface area contributed by atoms with Crippen molar-refractivity contribution in [3.8, 4) is 11.5 Å². The van der Waals surface area contributed by atoms with E-state index in [1.807, 2.05) is 45.1 Å². The van der Waals surface area contributed by atoms with Gasteiger partial charge in [-0.3, -0.25) is 0 Å². The van der Waals surface area contributed by atoms with Gasteiger partial charge in [-0.25, -0.2) is 0 Å². The molecule has 0 spiro atoms. The lowest BCUT2D eigenvalue weighted by Gasteiger charge is -2.21. The highest BCUT2D eigenvalue weighted by atomic mass is 16.7. The standard InChI is InChI=1S/C18H21N5O2/c1-11-7-13-16(19-11)20-18(22(2)3)21-17(13)23(4)9-12-5-6-14-15(8-12)25-10-24-14/h5-8H,9-10H2,1-4H3,(H,19,20,21). The number of H-pyrrole nitrogens is 1. The lowest BCUT2D eigenvalue weighted by molar-refractivity contribution is 0.174. The van der Waals surface area contributed by atoms with Crippen molar-refractivity contribution in [3.05, 3.63) is 35.5 Å². The van der Waals surface area contributed by atoms with Crippen LogP contribution in [0.15, 0.2) is 24.3 Å². The van der Waals surface area contributed by atoms with E-state index in [2.05, 4.69) is 27.0 Å². The highest BCUT2D eigenvalue weighted by Crippen LogP contribution is 2.33. The second kappa shape index (κ2) is 5.84. The van der Waals surface area contributed by atoms with Crippen molar-refractivity contribution in [2.45, 2.75) is 13.5 Å². The zero-order valence-corrected chi connectivity index (χ0v) is 14.8. The van der Waals surface area contributed by atoms with Crippen molar-refractivity contribution in [1.29, 1.82) is 0 Å². The maximum atomic E-state index is 5.47. The Balaban J connectivity index is 1.70. The first-order valence-corrected chi connectivity index (χ1v) is 8.15. The van der Waals surface area contributed by atoms with Crippen LogP contribution in [0.3, 0.4) is 0 Å². The minimum Gasteiger partial charge on any atom is -0.454 e. The molecule has 0 radical (unpaired) electrons. The summed E-state index contributed by atoms with van der Waals surface area (Å²) in [5, 5.41) is 1.02. The fraction of sp³-hybridized carbons (Fsp3) is 0.333. The number of fused-ring (bicyclic) bond motifs is 2. The maximum absolute atomic E-state index is 5.47. The van der Waals surface area contributed by atoms with Crippen LogP contribution in [0.25, 0.3) is 11.0 Å². The fourth-order valence-electron chi connectivity index (χ4n) is 2.99.